The molecule has 1 aromatic heterocycles. The highest BCUT2D eigenvalue weighted by Gasteiger charge is 2.29. The lowest BCUT2D eigenvalue weighted by Crippen LogP contribution is -2.14. The van der Waals surface area contributed by atoms with E-state index in [0.717, 1.165) is 29.5 Å². The monoisotopic (exact) mass is 511 g/mol. The number of nitriles is 1. The van der Waals surface area contributed by atoms with Crippen molar-refractivity contribution >= 4 is 11.8 Å². The Morgan fingerprint density at radius 2 is 1.58 bits per heavy atom. The summed E-state index contributed by atoms with van der Waals surface area (Å²) in [7, 11) is 0. The summed E-state index contributed by atoms with van der Waals surface area (Å²) in [6.07, 6.45) is -4.41. The molecule has 0 saturated heterocycles. The molecule has 0 aliphatic carbocycles. The van der Waals surface area contributed by atoms with Gasteiger partial charge in [-0.3, -0.25) is 4.79 Å². The molecule has 0 aliphatic rings. The molecular formula is C26H17F4N3O2S. The van der Waals surface area contributed by atoms with Gasteiger partial charge in [0.05, 0.1) is 11.3 Å². The Labute approximate surface area is 207 Å². The first-order valence-corrected chi connectivity index (χ1v) is 11.5. The van der Waals surface area contributed by atoms with E-state index in [-0.39, 0.29) is 34.6 Å². The molecule has 1 heterocycles. The molecule has 0 saturated carbocycles. The summed E-state index contributed by atoms with van der Waals surface area (Å²) >= 11 is 1.13. The van der Waals surface area contributed by atoms with Gasteiger partial charge >= 0.3 is 6.18 Å². The summed E-state index contributed by atoms with van der Waals surface area (Å²) in [5.74, 6) is 0.463. The van der Waals surface area contributed by atoms with Crippen LogP contribution in [0.2, 0.25) is 0 Å². The maximum absolute atomic E-state index is 13.0. The number of halogens is 4. The van der Waals surface area contributed by atoms with Gasteiger partial charge in [-0.05, 0) is 59.7 Å². The van der Waals surface area contributed by atoms with E-state index < -0.39 is 17.3 Å². The van der Waals surface area contributed by atoms with E-state index in [4.69, 9.17) is 4.74 Å². The summed E-state index contributed by atoms with van der Waals surface area (Å²) in [6, 6.07) is 19.2. The third-order valence-corrected chi connectivity index (χ3v) is 6.06. The number of aromatic amines is 1. The van der Waals surface area contributed by atoms with Crippen LogP contribution in [0, 0.1) is 17.1 Å². The topological polar surface area (TPSA) is 78.8 Å². The van der Waals surface area contributed by atoms with Gasteiger partial charge in [-0.1, -0.05) is 36.0 Å². The molecular weight excluding hydrogens is 494 g/mol. The lowest BCUT2D eigenvalue weighted by atomic mass is 10.1. The number of nitrogens with one attached hydrogen (secondary N) is 1. The Balaban J connectivity index is 1.49. The predicted molar refractivity (Wildman–Crippen MR) is 127 cm³/mol. The van der Waals surface area contributed by atoms with E-state index >= 15 is 0 Å². The zero-order valence-corrected chi connectivity index (χ0v) is 19.3. The van der Waals surface area contributed by atoms with Crippen LogP contribution in [0.3, 0.4) is 0 Å². The molecule has 3 aromatic carbocycles. The Hall–Kier alpha value is -4.10. The van der Waals surface area contributed by atoms with Crippen LogP contribution >= 0.6 is 11.8 Å². The van der Waals surface area contributed by atoms with Gasteiger partial charge in [-0.25, -0.2) is 9.37 Å². The first-order chi connectivity index (χ1) is 17.2. The molecule has 0 atom stereocenters. The van der Waals surface area contributed by atoms with Gasteiger partial charge < -0.3 is 9.72 Å². The molecule has 36 heavy (non-hydrogen) atoms. The molecule has 0 unspecified atom stereocenters. The Morgan fingerprint density at radius 1 is 0.944 bits per heavy atom. The highest BCUT2D eigenvalue weighted by Crippen LogP contribution is 2.30. The number of hydrogen-bond donors (Lipinski definition) is 1. The van der Waals surface area contributed by atoms with Gasteiger partial charge in [-0.2, -0.15) is 18.4 Å². The number of thioether (sulfide) groups is 1. The minimum Gasteiger partial charge on any atom is -0.489 e. The Bertz CT molecular complexity index is 1440. The molecule has 10 heteroatoms. The van der Waals surface area contributed by atoms with Crippen LogP contribution in [-0.4, -0.2) is 9.97 Å². The van der Waals surface area contributed by atoms with Crippen molar-refractivity contribution in [3.05, 3.63) is 111 Å². The van der Waals surface area contributed by atoms with Gasteiger partial charge in [-0.15, -0.1) is 0 Å². The number of hydrogen-bond acceptors (Lipinski definition) is 5. The van der Waals surface area contributed by atoms with E-state index in [2.05, 4.69) is 9.97 Å². The fourth-order valence-electron chi connectivity index (χ4n) is 3.23. The highest BCUT2D eigenvalue weighted by molar-refractivity contribution is 7.98. The second kappa shape index (κ2) is 10.7. The Morgan fingerprint density at radius 3 is 2.19 bits per heavy atom. The van der Waals surface area contributed by atoms with Gasteiger partial charge in [0.1, 0.15) is 29.8 Å². The van der Waals surface area contributed by atoms with Crippen molar-refractivity contribution in [3.63, 3.8) is 0 Å². The van der Waals surface area contributed by atoms with Crippen LogP contribution in [-0.2, 0) is 18.5 Å². The lowest BCUT2D eigenvalue weighted by Gasteiger charge is -2.10. The van der Waals surface area contributed by atoms with Crippen molar-refractivity contribution in [3.8, 4) is 23.1 Å². The molecule has 4 aromatic rings. The number of nitrogens with zero attached hydrogens (tertiary/aromatic N) is 2. The minimum absolute atomic E-state index is 0.158. The molecule has 4 rings (SSSR count). The zero-order valence-electron chi connectivity index (χ0n) is 18.5. The zero-order chi connectivity index (χ0) is 25.7. The van der Waals surface area contributed by atoms with Crippen LogP contribution in [0.4, 0.5) is 17.6 Å². The third-order valence-electron chi connectivity index (χ3n) is 5.11. The smallest absolute Gasteiger partial charge is 0.416 e. The second-order valence-corrected chi connectivity index (χ2v) is 8.59. The molecule has 0 spiro atoms. The summed E-state index contributed by atoms with van der Waals surface area (Å²) < 4.78 is 57.0. The fraction of sp³-hybridized carbons (Fsp3) is 0.115. The molecule has 0 fully saturated rings. The van der Waals surface area contributed by atoms with Crippen molar-refractivity contribution < 1.29 is 22.3 Å². The van der Waals surface area contributed by atoms with Crippen molar-refractivity contribution in [1.29, 1.82) is 5.26 Å². The van der Waals surface area contributed by atoms with E-state index in [1.807, 2.05) is 6.07 Å². The molecule has 182 valence electrons. The lowest BCUT2D eigenvalue weighted by molar-refractivity contribution is -0.137. The number of H-pyrrole nitrogens is 1. The molecule has 0 radical (unpaired) electrons. The molecule has 5 nitrogen and oxygen atoms in total. The largest absolute Gasteiger partial charge is 0.489 e. The summed E-state index contributed by atoms with van der Waals surface area (Å²) in [4.78, 5) is 19.4. The maximum atomic E-state index is 13.0. The maximum Gasteiger partial charge on any atom is 0.416 e. The summed E-state index contributed by atoms with van der Waals surface area (Å²) in [5, 5.41) is 9.70. The van der Waals surface area contributed by atoms with E-state index in [1.165, 1.54) is 24.3 Å². The van der Waals surface area contributed by atoms with Gasteiger partial charge in [0.25, 0.3) is 5.56 Å². The molecule has 0 bridgehead atoms. The summed E-state index contributed by atoms with van der Waals surface area (Å²) in [6.45, 7) is 0.233. The standard InChI is InChI=1S/C26H17F4N3O2S/c27-20-9-3-16(4-10-20)14-35-21-11-5-18(6-12-21)23-22(13-31)24(34)33-25(32-23)36-15-17-1-7-19(8-2-17)26(28,29)30/h1-12H,14-15H2,(H,32,33,34). The highest BCUT2D eigenvalue weighted by atomic mass is 32.2. The summed E-state index contributed by atoms with van der Waals surface area (Å²) in [5.41, 5.74) is 0.586. The fourth-order valence-corrected chi connectivity index (χ4v) is 4.05. The minimum atomic E-state index is -4.41. The normalized spacial score (nSPS) is 11.2. The average molecular weight is 512 g/mol. The van der Waals surface area contributed by atoms with Crippen LogP contribution in [0.5, 0.6) is 5.75 Å². The van der Waals surface area contributed by atoms with Crippen LogP contribution in [0.1, 0.15) is 22.3 Å². The van der Waals surface area contributed by atoms with Crippen LogP contribution in [0.25, 0.3) is 11.3 Å². The SMILES string of the molecule is N#Cc1c(-c2ccc(OCc3ccc(F)cc3)cc2)nc(SCc2ccc(C(F)(F)F)cc2)[nH]c1=O. The van der Waals surface area contributed by atoms with Crippen molar-refractivity contribution in [2.24, 2.45) is 0 Å². The number of alkyl halides is 3. The Kier molecular flexibility index (Phi) is 7.41. The molecule has 1 N–H and O–H groups in total. The predicted octanol–water partition coefficient (Wildman–Crippen LogP) is 6.34. The van der Waals surface area contributed by atoms with Crippen molar-refractivity contribution in [2.75, 3.05) is 0 Å². The number of ether oxygens (including phenoxy) is 1. The molecule has 0 amide bonds. The van der Waals surface area contributed by atoms with Crippen molar-refractivity contribution in [1.82, 2.24) is 9.97 Å². The number of aromatic nitrogens is 2. The third kappa shape index (κ3) is 6.12. The molecule has 0 aliphatic heterocycles. The van der Waals surface area contributed by atoms with Crippen molar-refractivity contribution in [2.45, 2.75) is 23.7 Å². The first kappa shape index (κ1) is 25.0. The number of benzene rings is 3. The van der Waals surface area contributed by atoms with E-state index in [9.17, 15) is 27.6 Å². The van der Waals surface area contributed by atoms with E-state index in [0.29, 0.717) is 16.9 Å². The van der Waals surface area contributed by atoms with Gasteiger partial charge in [0.2, 0.25) is 0 Å². The second-order valence-electron chi connectivity index (χ2n) is 7.63. The quantitative estimate of drug-likeness (QED) is 0.178. The number of rotatable bonds is 7. The van der Waals surface area contributed by atoms with Gasteiger partial charge in [0, 0.05) is 11.3 Å². The van der Waals surface area contributed by atoms with E-state index in [1.54, 1.807) is 36.4 Å². The average Bonchev–Trinajstić information content (AvgIpc) is 2.87. The van der Waals surface area contributed by atoms with Gasteiger partial charge in [0.15, 0.2) is 5.16 Å². The first-order valence-electron chi connectivity index (χ1n) is 10.5. The van der Waals surface area contributed by atoms with Crippen LogP contribution in [0.15, 0.2) is 82.7 Å². The van der Waals surface area contributed by atoms with Crippen LogP contribution < -0.4 is 10.3 Å².